The fourth-order valence-corrected chi connectivity index (χ4v) is 3.07. The molecule has 124 valence electrons. The molecule has 1 aliphatic heterocycles. The van der Waals surface area contributed by atoms with E-state index in [9.17, 15) is 9.59 Å². The Balaban J connectivity index is 1.83. The number of imide groups is 1. The second-order valence-electron chi connectivity index (χ2n) is 5.54. The number of nitrogens with one attached hydrogen (secondary N) is 1. The van der Waals surface area contributed by atoms with Crippen molar-refractivity contribution in [2.75, 3.05) is 0 Å². The van der Waals surface area contributed by atoms with Gasteiger partial charge in [0.2, 0.25) is 0 Å². The Hall–Kier alpha value is -3.04. The Morgan fingerprint density at radius 3 is 2.32 bits per heavy atom. The fraction of sp³-hybridized carbons (Fsp3) is 0.105. The van der Waals surface area contributed by atoms with Crippen LogP contribution in [0.1, 0.15) is 16.7 Å². The Morgan fingerprint density at radius 2 is 1.76 bits per heavy atom. The molecule has 0 saturated carbocycles. The van der Waals surface area contributed by atoms with Gasteiger partial charge in [-0.25, -0.2) is 4.85 Å². The summed E-state index contributed by atoms with van der Waals surface area (Å²) in [5.41, 5.74) is 3.18. The van der Waals surface area contributed by atoms with Crippen molar-refractivity contribution in [1.82, 2.24) is 5.32 Å². The van der Waals surface area contributed by atoms with Crippen LogP contribution in [0.3, 0.4) is 0 Å². The third-order valence-corrected chi connectivity index (χ3v) is 4.46. The SMILES string of the molecule is [C-]#[N+]c1ccc(Oc2ccc(/C=C3\SC(=O)NC3=O)cc2C)c(C)c1. The molecule has 2 aromatic rings. The van der Waals surface area contributed by atoms with Crippen LogP contribution < -0.4 is 10.1 Å². The maximum absolute atomic E-state index is 11.6. The van der Waals surface area contributed by atoms with E-state index in [-0.39, 0.29) is 11.1 Å². The second kappa shape index (κ2) is 6.83. The number of carbonyl (C=O) groups excluding carboxylic acids is 2. The molecule has 1 fully saturated rings. The fourth-order valence-electron chi connectivity index (χ4n) is 2.39. The third-order valence-electron chi connectivity index (χ3n) is 3.65. The van der Waals surface area contributed by atoms with E-state index < -0.39 is 0 Å². The first kappa shape index (κ1) is 16.8. The molecule has 3 rings (SSSR count). The minimum Gasteiger partial charge on any atom is -0.457 e. The van der Waals surface area contributed by atoms with Crippen LogP contribution in [0.25, 0.3) is 10.9 Å². The molecule has 2 amide bonds. The van der Waals surface area contributed by atoms with E-state index in [4.69, 9.17) is 11.3 Å². The maximum Gasteiger partial charge on any atom is 0.290 e. The molecule has 2 aromatic carbocycles. The number of ether oxygens (including phenoxy) is 1. The first-order valence-electron chi connectivity index (χ1n) is 7.48. The minimum atomic E-state index is -0.372. The van der Waals surface area contributed by atoms with Crippen LogP contribution in [0.15, 0.2) is 41.3 Å². The van der Waals surface area contributed by atoms with Crippen LogP contribution in [0.2, 0.25) is 0 Å². The standard InChI is InChI=1S/C19H14N2O3S/c1-11-8-13(10-17-18(22)21-19(23)25-17)4-6-15(11)24-16-7-5-14(20-3)9-12(16)2/h4-10H,1-2H3,(H,21,22,23)/b17-10-. The first-order chi connectivity index (χ1) is 12.0. The number of benzene rings is 2. The molecule has 1 saturated heterocycles. The second-order valence-corrected chi connectivity index (χ2v) is 6.56. The van der Waals surface area contributed by atoms with Crippen LogP contribution in [0.5, 0.6) is 11.5 Å². The van der Waals surface area contributed by atoms with Gasteiger partial charge in [0.15, 0.2) is 5.69 Å². The molecule has 1 aliphatic rings. The van der Waals surface area contributed by atoms with E-state index in [1.165, 1.54) is 0 Å². The van der Waals surface area contributed by atoms with Crippen LogP contribution in [0, 0.1) is 20.4 Å². The predicted octanol–water partition coefficient (Wildman–Crippen LogP) is 4.97. The molecule has 25 heavy (non-hydrogen) atoms. The lowest BCUT2D eigenvalue weighted by Gasteiger charge is -2.12. The smallest absolute Gasteiger partial charge is 0.290 e. The van der Waals surface area contributed by atoms with Crippen LogP contribution >= 0.6 is 11.8 Å². The molecule has 1 N–H and O–H groups in total. The highest BCUT2D eigenvalue weighted by Crippen LogP contribution is 2.32. The molecule has 0 radical (unpaired) electrons. The van der Waals surface area contributed by atoms with E-state index in [0.29, 0.717) is 22.1 Å². The highest BCUT2D eigenvalue weighted by Gasteiger charge is 2.24. The Morgan fingerprint density at radius 1 is 1.08 bits per heavy atom. The molecule has 6 heteroatoms. The van der Waals surface area contributed by atoms with E-state index in [2.05, 4.69) is 10.2 Å². The van der Waals surface area contributed by atoms with E-state index in [1.54, 1.807) is 24.3 Å². The summed E-state index contributed by atoms with van der Waals surface area (Å²) in [4.78, 5) is 26.6. The summed E-state index contributed by atoms with van der Waals surface area (Å²) in [6.07, 6.45) is 1.68. The maximum atomic E-state index is 11.6. The number of nitrogens with zero attached hydrogens (tertiary/aromatic N) is 1. The van der Waals surface area contributed by atoms with Gasteiger partial charge in [-0.2, -0.15) is 0 Å². The third kappa shape index (κ3) is 3.73. The van der Waals surface area contributed by atoms with Crippen molar-refractivity contribution in [3.63, 3.8) is 0 Å². The molecule has 0 aliphatic carbocycles. The zero-order valence-corrected chi connectivity index (χ0v) is 14.4. The lowest BCUT2D eigenvalue weighted by atomic mass is 10.1. The predicted molar refractivity (Wildman–Crippen MR) is 97.8 cm³/mol. The van der Waals surface area contributed by atoms with Gasteiger partial charge < -0.3 is 4.74 Å². The first-order valence-corrected chi connectivity index (χ1v) is 8.29. The number of hydrogen-bond donors (Lipinski definition) is 1. The number of hydrogen-bond acceptors (Lipinski definition) is 4. The summed E-state index contributed by atoms with van der Waals surface area (Å²) < 4.78 is 5.94. The largest absolute Gasteiger partial charge is 0.457 e. The Kier molecular flexibility index (Phi) is 4.59. The van der Waals surface area contributed by atoms with Crippen molar-refractivity contribution in [1.29, 1.82) is 0 Å². The molecule has 5 nitrogen and oxygen atoms in total. The Bertz CT molecular complexity index is 958. The van der Waals surface area contributed by atoms with E-state index in [1.807, 2.05) is 32.0 Å². The molecule has 1 heterocycles. The normalized spacial score (nSPS) is 15.2. The van der Waals surface area contributed by atoms with Crippen LogP contribution in [-0.2, 0) is 4.79 Å². The average Bonchev–Trinajstić information content (AvgIpc) is 2.89. The molecule has 0 atom stereocenters. The highest BCUT2D eigenvalue weighted by molar-refractivity contribution is 8.18. The molecular weight excluding hydrogens is 336 g/mol. The summed E-state index contributed by atoms with van der Waals surface area (Å²) >= 11 is 0.893. The van der Waals surface area contributed by atoms with Gasteiger partial charge in [-0.3, -0.25) is 14.9 Å². The van der Waals surface area contributed by atoms with Gasteiger partial charge in [-0.1, -0.05) is 12.1 Å². The minimum absolute atomic E-state index is 0.355. The zero-order valence-electron chi connectivity index (χ0n) is 13.6. The van der Waals surface area contributed by atoms with Gasteiger partial charge in [-0.05, 0) is 72.6 Å². The molecule has 0 unspecified atom stereocenters. The number of amides is 2. The van der Waals surface area contributed by atoms with Crippen molar-refractivity contribution in [2.24, 2.45) is 0 Å². The molecule has 0 spiro atoms. The highest BCUT2D eigenvalue weighted by atomic mass is 32.2. The van der Waals surface area contributed by atoms with Gasteiger partial charge in [-0.15, -0.1) is 0 Å². The van der Waals surface area contributed by atoms with Gasteiger partial charge in [0.25, 0.3) is 11.1 Å². The van der Waals surface area contributed by atoms with Gasteiger partial charge >= 0.3 is 0 Å². The number of carbonyl (C=O) groups is 2. The quantitative estimate of drug-likeness (QED) is 0.627. The lowest BCUT2D eigenvalue weighted by molar-refractivity contribution is -0.115. The van der Waals surface area contributed by atoms with Crippen molar-refractivity contribution in [2.45, 2.75) is 13.8 Å². The van der Waals surface area contributed by atoms with Crippen molar-refractivity contribution in [3.05, 3.63) is 69.4 Å². The van der Waals surface area contributed by atoms with Gasteiger partial charge in [0, 0.05) is 0 Å². The van der Waals surface area contributed by atoms with Crippen LogP contribution in [-0.4, -0.2) is 11.1 Å². The monoisotopic (exact) mass is 350 g/mol. The van der Waals surface area contributed by atoms with Crippen molar-refractivity contribution < 1.29 is 14.3 Å². The summed E-state index contributed by atoms with van der Waals surface area (Å²) in [7, 11) is 0. The van der Waals surface area contributed by atoms with Crippen molar-refractivity contribution >= 4 is 34.7 Å². The summed E-state index contributed by atoms with van der Waals surface area (Å²) in [5.74, 6) is 1.02. The summed E-state index contributed by atoms with van der Waals surface area (Å²) in [5, 5.41) is 1.88. The lowest BCUT2D eigenvalue weighted by Crippen LogP contribution is -2.17. The summed E-state index contributed by atoms with van der Waals surface area (Å²) in [6, 6.07) is 10.8. The number of aryl methyl sites for hydroxylation is 2. The van der Waals surface area contributed by atoms with Crippen LogP contribution in [0.4, 0.5) is 10.5 Å². The summed E-state index contributed by atoms with van der Waals surface area (Å²) in [6.45, 7) is 10.8. The Labute approximate surface area is 149 Å². The van der Waals surface area contributed by atoms with E-state index >= 15 is 0 Å². The number of rotatable bonds is 3. The van der Waals surface area contributed by atoms with Crippen molar-refractivity contribution in [3.8, 4) is 11.5 Å². The van der Waals surface area contributed by atoms with Gasteiger partial charge in [0.05, 0.1) is 11.5 Å². The number of thioether (sulfide) groups is 1. The van der Waals surface area contributed by atoms with E-state index in [0.717, 1.165) is 28.5 Å². The zero-order chi connectivity index (χ0) is 18.0. The topological polar surface area (TPSA) is 59.8 Å². The molecule has 0 bridgehead atoms. The molecule has 0 aromatic heterocycles. The van der Waals surface area contributed by atoms with Gasteiger partial charge in [0.1, 0.15) is 11.5 Å². The average molecular weight is 350 g/mol. The molecular formula is C19H14N2O3S.